The molecule has 92 valence electrons. The lowest BCUT2D eigenvalue weighted by Crippen LogP contribution is -2.16. The van der Waals surface area contributed by atoms with Crippen molar-refractivity contribution in [3.63, 3.8) is 0 Å². The second-order valence-corrected chi connectivity index (χ2v) is 4.64. The van der Waals surface area contributed by atoms with Crippen LogP contribution in [0.3, 0.4) is 0 Å². The molecule has 0 atom stereocenters. The number of thiophene rings is 1. The number of amides is 1. The number of hydrogen-bond acceptors (Lipinski definition) is 3. The number of benzene rings is 1. The van der Waals surface area contributed by atoms with E-state index in [9.17, 15) is 9.18 Å². The molecule has 2 rings (SSSR count). The van der Waals surface area contributed by atoms with Gasteiger partial charge in [0.05, 0.1) is 11.2 Å². The predicted octanol–water partition coefficient (Wildman–Crippen LogP) is 3.30. The molecule has 0 spiro atoms. The van der Waals surface area contributed by atoms with E-state index in [1.807, 2.05) is 0 Å². The maximum Gasteiger partial charge on any atom is 0.282 e. The summed E-state index contributed by atoms with van der Waals surface area (Å²) in [6.45, 7) is 0. The third kappa shape index (κ3) is 2.94. The number of nitrogens with zero attached hydrogens (tertiary/aromatic N) is 1. The Morgan fingerprint density at radius 2 is 2.17 bits per heavy atom. The van der Waals surface area contributed by atoms with Crippen molar-refractivity contribution in [3.8, 4) is 0 Å². The van der Waals surface area contributed by atoms with Crippen LogP contribution in [-0.4, -0.2) is 12.1 Å². The predicted molar refractivity (Wildman–Crippen MR) is 70.8 cm³/mol. The number of hydrogen-bond donors (Lipinski definition) is 1. The quantitative estimate of drug-likeness (QED) is 0.681. The number of rotatable bonds is 3. The van der Waals surface area contributed by atoms with Gasteiger partial charge < -0.3 is 0 Å². The van der Waals surface area contributed by atoms with Gasteiger partial charge in [0.1, 0.15) is 10.7 Å². The van der Waals surface area contributed by atoms with Gasteiger partial charge in [-0.2, -0.15) is 5.10 Å². The first kappa shape index (κ1) is 12.7. The molecule has 0 aliphatic carbocycles. The number of carbonyl (C=O) groups is 1. The second-order valence-electron chi connectivity index (χ2n) is 3.32. The van der Waals surface area contributed by atoms with E-state index in [0.717, 1.165) is 0 Å². The summed E-state index contributed by atoms with van der Waals surface area (Å²) in [7, 11) is 0. The first-order valence-corrected chi connectivity index (χ1v) is 6.25. The Kier molecular flexibility index (Phi) is 4.07. The molecule has 0 aliphatic heterocycles. The van der Waals surface area contributed by atoms with Crippen LogP contribution in [0.4, 0.5) is 4.39 Å². The molecule has 1 N–H and O–H groups in total. The number of nitrogens with one attached hydrogen (secondary N) is 1. The van der Waals surface area contributed by atoms with Crippen molar-refractivity contribution in [1.29, 1.82) is 0 Å². The van der Waals surface area contributed by atoms with Crippen LogP contribution in [0.5, 0.6) is 0 Å². The van der Waals surface area contributed by atoms with Gasteiger partial charge in [0.2, 0.25) is 0 Å². The molecule has 0 bridgehead atoms. The van der Waals surface area contributed by atoms with E-state index in [1.54, 1.807) is 29.6 Å². The van der Waals surface area contributed by atoms with E-state index in [2.05, 4.69) is 10.5 Å². The fraction of sp³-hybridized carbons (Fsp3) is 0. The van der Waals surface area contributed by atoms with E-state index in [4.69, 9.17) is 11.6 Å². The highest BCUT2D eigenvalue weighted by Crippen LogP contribution is 2.21. The van der Waals surface area contributed by atoms with Crippen LogP contribution in [-0.2, 0) is 0 Å². The SMILES string of the molecule is O=C(N/N=C/c1ccccc1F)c1sccc1Cl. The lowest BCUT2D eigenvalue weighted by Gasteiger charge is -1.97. The van der Waals surface area contributed by atoms with Crippen LogP contribution in [0.25, 0.3) is 0 Å². The lowest BCUT2D eigenvalue weighted by atomic mass is 10.2. The van der Waals surface area contributed by atoms with Gasteiger partial charge in [0, 0.05) is 5.56 Å². The maximum absolute atomic E-state index is 13.2. The van der Waals surface area contributed by atoms with Crippen molar-refractivity contribution in [2.24, 2.45) is 5.10 Å². The Hall–Kier alpha value is -1.72. The summed E-state index contributed by atoms with van der Waals surface area (Å²) in [4.78, 5) is 12.0. The average Bonchev–Trinajstić information content (AvgIpc) is 2.78. The van der Waals surface area contributed by atoms with Gasteiger partial charge in [-0.1, -0.05) is 29.8 Å². The Bertz CT molecular complexity index is 597. The van der Waals surface area contributed by atoms with E-state index in [-0.39, 0.29) is 0 Å². The van der Waals surface area contributed by atoms with Crippen LogP contribution in [0.2, 0.25) is 5.02 Å². The molecule has 1 aromatic heterocycles. The Morgan fingerprint density at radius 1 is 1.39 bits per heavy atom. The lowest BCUT2D eigenvalue weighted by molar-refractivity contribution is 0.0959. The fourth-order valence-corrected chi connectivity index (χ4v) is 2.28. The molecule has 6 heteroatoms. The molecule has 1 amide bonds. The average molecular weight is 283 g/mol. The highest BCUT2D eigenvalue weighted by Gasteiger charge is 2.10. The molecule has 1 aromatic carbocycles. The Labute approximate surface area is 112 Å². The van der Waals surface area contributed by atoms with Crippen LogP contribution in [0, 0.1) is 5.82 Å². The molecule has 0 saturated heterocycles. The summed E-state index contributed by atoms with van der Waals surface area (Å²) in [6.07, 6.45) is 1.24. The van der Waals surface area contributed by atoms with Gasteiger partial charge in [-0.3, -0.25) is 4.79 Å². The summed E-state index contributed by atoms with van der Waals surface area (Å²) < 4.78 is 13.2. The highest BCUT2D eigenvalue weighted by molar-refractivity contribution is 7.12. The normalized spacial score (nSPS) is 10.8. The smallest absolute Gasteiger partial charge is 0.266 e. The zero-order valence-electron chi connectivity index (χ0n) is 9.06. The summed E-state index contributed by atoms with van der Waals surface area (Å²) in [5.74, 6) is -0.813. The van der Waals surface area contributed by atoms with Gasteiger partial charge in [0.25, 0.3) is 5.91 Å². The summed E-state index contributed by atoms with van der Waals surface area (Å²) >= 11 is 7.01. The minimum atomic E-state index is -0.414. The standard InChI is InChI=1S/C12H8ClFN2OS/c13-9-5-6-18-11(9)12(17)16-15-7-8-3-1-2-4-10(8)14/h1-7H,(H,16,17)/b15-7+. The van der Waals surface area contributed by atoms with E-state index in [1.165, 1.54) is 23.6 Å². The van der Waals surface area contributed by atoms with Crippen LogP contribution in [0.1, 0.15) is 15.2 Å². The minimum absolute atomic E-state index is 0.301. The van der Waals surface area contributed by atoms with Gasteiger partial charge in [0.15, 0.2) is 0 Å². The van der Waals surface area contributed by atoms with E-state index in [0.29, 0.717) is 15.5 Å². The monoisotopic (exact) mass is 282 g/mol. The van der Waals surface area contributed by atoms with Crippen LogP contribution < -0.4 is 5.43 Å². The molecular formula is C12H8ClFN2OS. The summed E-state index contributed by atoms with van der Waals surface area (Å²) in [6, 6.07) is 7.77. The molecule has 18 heavy (non-hydrogen) atoms. The van der Waals surface area contributed by atoms with Crippen molar-refractivity contribution in [2.75, 3.05) is 0 Å². The largest absolute Gasteiger partial charge is 0.282 e. The summed E-state index contributed by atoms with van der Waals surface area (Å²) in [5, 5.41) is 5.76. The van der Waals surface area contributed by atoms with Gasteiger partial charge >= 0.3 is 0 Å². The molecule has 2 aromatic rings. The molecule has 0 aliphatic rings. The van der Waals surface area contributed by atoms with Crippen molar-refractivity contribution in [3.05, 3.63) is 57.0 Å². The number of carbonyl (C=O) groups excluding carboxylic acids is 1. The molecule has 1 heterocycles. The Balaban J connectivity index is 2.03. The van der Waals surface area contributed by atoms with Gasteiger partial charge in [-0.15, -0.1) is 11.3 Å². The zero-order chi connectivity index (χ0) is 13.0. The minimum Gasteiger partial charge on any atom is -0.266 e. The van der Waals surface area contributed by atoms with E-state index >= 15 is 0 Å². The third-order valence-corrected chi connectivity index (χ3v) is 3.44. The number of halogens is 2. The first-order chi connectivity index (χ1) is 8.68. The van der Waals surface area contributed by atoms with Crippen molar-refractivity contribution in [1.82, 2.24) is 5.43 Å². The maximum atomic E-state index is 13.2. The molecule has 0 radical (unpaired) electrons. The highest BCUT2D eigenvalue weighted by atomic mass is 35.5. The molecular weight excluding hydrogens is 275 g/mol. The summed E-state index contributed by atoms with van der Waals surface area (Å²) in [5.41, 5.74) is 2.59. The third-order valence-electron chi connectivity index (χ3n) is 2.10. The van der Waals surface area contributed by atoms with Crippen LogP contribution in [0.15, 0.2) is 40.8 Å². The topological polar surface area (TPSA) is 41.5 Å². The second kappa shape index (κ2) is 5.75. The molecule has 0 fully saturated rings. The fourth-order valence-electron chi connectivity index (χ4n) is 1.25. The van der Waals surface area contributed by atoms with E-state index < -0.39 is 11.7 Å². The van der Waals surface area contributed by atoms with Gasteiger partial charge in [-0.05, 0) is 17.5 Å². The Morgan fingerprint density at radius 3 is 2.83 bits per heavy atom. The van der Waals surface area contributed by atoms with Crippen molar-refractivity contribution >= 4 is 35.1 Å². The van der Waals surface area contributed by atoms with Crippen molar-refractivity contribution < 1.29 is 9.18 Å². The first-order valence-electron chi connectivity index (χ1n) is 4.99. The zero-order valence-corrected chi connectivity index (χ0v) is 10.6. The van der Waals surface area contributed by atoms with Crippen molar-refractivity contribution in [2.45, 2.75) is 0 Å². The molecule has 3 nitrogen and oxygen atoms in total. The molecule has 0 unspecified atom stereocenters. The molecule has 0 saturated carbocycles. The van der Waals surface area contributed by atoms with Gasteiger partial charge in [-0.25, -0.2) is 9.82 Å². The van der Waals surface area contributed by atoms with Crippen LogP contribution >= 0.6 is 22.9 Å². The number of hydrazone groups is 1.